The molecular weight excluding hydrogens is 238 g/mol. The average molecular weight is 265 g/mol. The maximum atomic E-state index is 9.15. The first kappa shape index (κ1) is 16.0. The number of rotatable bonds is 10. The summed E-state index contributed by atoms with van der Waals surface area (Å²) < 4.78 is 5.62. The van der Waals surface area contributed by atoms with Crippen molar-refractivity contribution >= 4 is 0 Å². The minimum absolute atomic E-state index is 0.193. The summed E-state index contributed by atoms with van der Waals surface area (Å²) in [6, 6.07) is 8.26. The molecule has 0 aliphatic rings. The van der Waals surface area contributed by atoms with E-state index in [9.17, 15) is 0 Å². The number of hydrogen-bond donors (Lipinski definition) is 2. The van der Waals surface area contributed by atoms with Crippen LogP contribution >= 0.6 is 0 Å². The van der Waals surface area contributed by atoms with Gasteiger partial charge in [-0.3, -0.25) is 0 Å². The summed E-state index contributed by atoms with van der Waals surface area (Å²) in [7, 11) is 0. The van der Waals surface area contributed by atoms with Gasteiger partial charge in [-0.15, -0.1) is 0 Å². The summed E-state index contributed by atoms with van der Waals surface area (Å²) in [5, 5.41) is 12.5. The van der Waals surface area contributed by atoms with Crippen LogP contribution in [0.4, 0.5) is 0 Å². The molecule has 1 rings (SSSR count). The van der Waals surface area contributed by atoms with Crippen molar-refractivity contribution in [2.45, 2.75) is 52.2 Å². The molecule has 0 spiro atoms. The van der Waals surface area contributed by atoms with Gasteiger partial charge in [-0.25, -0.2) is 0 Å². The molecule has 1 aromatic carbocycles. The molecule has 0 fully saturated rings. The van der Waals surface area contributed by atoms with Gasteiger partial charge in [-0.2, -0.15) is 0 Å². The van der Waals surface area contributed by atoms with Crippen molar-refractivity contribution in [2.24, 2.45) is 0 Å². The van der Waals surface area contributed by atoms with Gasteiger partial charge in [0.05, 0.1) is 12.7 Å². The minimum atomic E-state index is -0.193. The molecule has 1 atom stereocenters. The highest BCUT2D eigenvalue weighted by Gasteiger charge is 1.97. The van der Waals surface area contributed by atoms with Crippen molar-refractivity contribution in [1.29, 1.82) is 0 Å². The Morgan fingerprint density at radius 2 is 1.95 bits per heavy atom. The zero-order valence-electron chi connectivity index (χ0n) is 12.2. The van der Waals surface area contributed by atoms with E-state index < -0.39 is 0 Å². The van der Waals surface area contributed by atoms with Crippen molar-refractivity contribution < 1.29 is 9.84 Å². The van der Waals surface area contributed by atoms with Crippen LogP contribution in [0.15, 0.2) is 24.3 Å². The Morgan fingerprint density at radius 1 is 1.21 bits per heavy atom. The molecule has 0 saturated carbocycles. The van der Waals surface area contributed by atoms with E-state index in [1.54, 1.807) is 0 Å². The lowest BCUT2D eigenvalue weighted by molar-refractivity contribution is 0.181. The van der Waals surface area contributed by atoms with E-state index in [-0.39, 0.29) is 6.10 Å². The fourth-order valence-corrected chi connectivity index (χ4v) is 1.79. The summed E-state index contributed by atoms with van der Waals surface area (Å²) in [6.07, 6.45) is 3.94. The van der Waals surface area contributed by atoms with E-state index in [0.29, 0.717) is 0 Å². The van der Waals surface area contributed by atoms with Crippen LogP contribution in [0.3, 0.4) is 0 Å². The molecular formula is C16H27NO2. The topological polar surface area (TPSA) is 41.5 Å². The Bertz CT molecular complexity index is 322. The third-order valence-corrected chi connectivity index (χ3v) is 2.99. The molecule has 0 amide bonds. The number of ether oxygens (including phenoxy) is 1. The van der Waals surface area contributed by atoms with E-state index in [1.165, 1.54) is 5.56 Å². The summed E-state index contributed by atoms with van der Waals surface area (Å²) in [4.78, 5) is 0. The van der Waals surface area contributed by atoms with E-state index in [1.807, 2.05) is 19.1 Å². The van der Waals surface area contributed by atoms with Crippen molar-refractivity contribution in [3.05, 3.63) is 29.8 Å². The first-order chi connectivity index (χ1) is 9.22. The molecule has 0 bridgehead atoms. The molecule has 1 unspecified atom stereocenters. The van der Waals surface area contributed by atoms with Crippen molar-refractivity contribution in [3.63, 3.8) is 0 Å². The van der Waals surface area contributed by atoms with Gasteiger partial charge in [0.2, 0.25) is 0 Å². The van der Waals surface area contributed by atoms with E-state index >= 15 is 0 Å². The quantitative estimate of drug-likeness (QED) is 0.639. The van der Waals surface area contributed by atoms with Crippen LogP contribution in [0.2, 0.25) is 0 Å². The van der Waals surface area contributed by atoms with Gasteiger partial charge in [-0.05, 0) is 50.4 Å². The number of benzene rings is 1. The van der Waals surface area contributed by atoms with Gasteiger partial charge in [-0.1, -0.05) is 25.5 Å². The van der Waals surface area contributed by atoms with Crippen LogP contribution in [0.1, 0.15) is 45.1 Å². The van der Waals surface area contributed by atoms with Crippen molar-refractivity contribution in [2.75, 3.05) is 13.2 Å². The maximum Gasteiger partial charge on any atom is 0.119 e. The van der Waals surface area contributed by atoms with Gasteiger partial charge in [0.25, 0.3) is 0 Å². The third-order valence-electron chi connectivity index (χ3n) is 2.99. The molecule has 3 heteroatoms. The van der Waals surface area contributed by atoms with Gasteiger partial charge in [0, 0.05) is 6.54 Å². The van der Waals surface area contributed by atoms with Gasteiger partial charge in [0.15, 0.2) is 0 Å². The molecule has 0 radical (unpaired) electrons. The predicted octanol–water partition coefficient (Wildman–Crippen LogP) is 3.12. The molecule has 0 aromatic heterocycles. The Balaban J connectivity index is 2.17. The molecule has 108 valence electrons. The molecule has 0 aliphatic heterocycles. The van der Waals surface area contributed by atoms with Crippen LogP contribution in [0.25, 0.3) is 0 Å². The van der Waals surface area contributed by atoms with E-state index in [0.717, 1.165) is 51.1 Å². The van der Waals surface area contributed by atoms with Crippen LogP contribution in [0.5, 0.6) is 5.75 Å². The first-order valence-corrected chi connectivity index (χ1v) is 7.33. The normalized spacial score (nSPS) is 12.4. The predicted molar refractivity (Wildman–Crippen MR) is 79.5 cm³/mol. The summed E-state index contributed by atoms with van der Waals surface area (Å²) in [5.41, 5.74) is 1.26. The standard InChI is InChI=1S/C16H27NO2/c1-3-4-12-19-16-9-7-15(8-10-16)13-17-11-5-6-14(2)18/h7-10,14,17-18H,3-6,11-13H2,1-2H3. The smallest absolute Gasteiger partial charge is 0.119 e. The largest absolute Gasteiger partial charge is 0.494 e. The summed E-state index contributed by atoms with van der Waals surface area (Å²) >= 11 is 0. The third kappa shape index (κ3) is 7.85. The van der Waals surface area contributed by atoms with Gasteiger partial charge in [0.1, 0.15) is 5.75 Å². The lowest BCUT2D eigenvalue weighted by atomic mass is 10.2. The fraction of sp³-hybridized carbons (Fsp3) is 0.625. The number of unbranched alkanes of at least 4 members (excludes halogenated alkanes) is 1. The molecule has 3 nitrogen and oxygen atoms in total. The summed E-state index contributed by atoms with van der Waals surface area (Å²) in [5.74, 6) is 0.950. The monoisotopic (exact) mass is 265 g/mol. The summed E-state index contributed by atoms with van der Waals surface area (Å²) in [6.45, 7) is 6.61. The average Bonchev–Trinajstić information content (AvgIpc) is 2.40. The molecule has 19 heavy (non-hydrogen) atoms. The second kappa shape index (κ2) is 9.82. The molecule has 2 N–H and O–H groups in total. The zero-order valence-corrected chi connectivity index (χ0v) is 12.2. The Morgan fingerprint density at radius 3 is 2.58 bits per heavy atom. The van der Waals surface area contributed by atoms with Crippen molar-refractivity contribution in [1.82, 2.24) is 5.32 Å². The van der Waals surface area contributed by atoms with Crippen LogP contribution in [0, 0.1) is 0 Å². The van der Waals surface area contributed by atoms with Gasteiger partial charge >= 0.3 is 0 Å². The number of hydrogen-bond acceptors (Lipinski definition) is 3. The number of nitrogens with one attached hydrogen (secondary N) is 1. The van der Waals surface area contributed by atoms with Crippen LogP contribution in [-0.4, -0.2) is 24.4 Å². The minimum Gasteiger partial charge on any atom is -0.494 e. The van der Waals surface area contributed by atoms with Crippen LogP contribution in [-0.2, 0) is 6.54 Å². The van der Waals surface area contributed by atoms with E-state index in [4.69, 9.17) is 9.84 Å². The molecule has 1 aromatic rings. The highest BCUT2D eigenvalue weighted by atomic mass is 16.5. The molecule has 0 heterocycles. The highest BCUT2D eigenvalue weighted by molar-refractivity contribution is 5.27. The number of aliphatic hydroxyl groups excluding tert-OH is 1. The van der Waals surface area contributed by atoms with Crippen molar-refractivity contribution in [3.8, 4) is 5.75 Å². The Labute approximate surface area is 117 Å². The maximum absolute atomic E-state index is 9.15. The molecule has 0 aliphatic carbocycles. The second-order valence-corrected chi connectivity index (χ2v) is 5.01. The lowest BCUT2D eigenvalue weighted by Gasteiger charge is -2.08. The van der Waals surface area contributed by atoms with Gasteiger partial charge < -0.3 is 15.2 Å². The van der Waals surface area contributed by atoms with E-state index in [2.05, 4.69) is 24.4 Å². The highest BCUT2D eigenvalue weighted by Crippen LogP contribution is 2.12. The number of aliphatic hydroxyl groups is 1. The Kier molecular flexibility index (Phi) is 8.26. The lowest BCUT2D eigenvalue weighted by Crippen LogP contribution is -2.16. The zero-order chi connectivity index (χ0) is 13.9. The second-order valence-electron chi connectivity index (χ2n) is 5.01. The first-order valence-electron chi connectivity index (χ1n) is 7.33. The molecule has 0 saturated heterocycles. The fourth-order valence-electron chi connectivity index (χ4n) is 1.79. The SMILES string of the molecule is CCCCOc1ccc(CNCCCC(C)O)cc1. The Hall–Kier alpha value is -1.06. The van der Waals surface area contributed by atoms with Crippen LogP contribution < -0.4 is 10.1 Å².